The number of hydrogen-bond donors (Lipinski definition) is 0. The van der Waals surface area contributed by atoms with E-state index in [1.807, 2.05) is 0 Å². The SMILES string of the molecule is COc1ccc(F)c(-c2cnc(-n3cc(S(C)=O)c4ccc(C(=O)N5CCOCC5)cc43)nc2)c1. The number of morpholine rings is 1. The minimum atomic E-state index is -1.27. The maximum atomic E-state index is 14.4. The zero-order valence-electron chi connectivity index (χ0n) is 19.2. The Labute approximate surface area is 203 Å². The van der Waals surface area contributed by atoms with Crippen LogP contribution in [0, 0.1) is 5.82 Å². The second-order valence-corrected chi connectivity index (χ2v) is 9.42. The number of carbonyl (C=O) groups excluding carboxylic acids is 1. The molecule has 180 valence electrons. The third kappa shape index (κ3) is 4.42. The van der Waals surface area contributed by atoms with E-state index in [-0.39, 0.29) is 5.91 Å². The number of aromatic nitrogens is 3. The largest absolute Gasteiger partial charge is 0.497 e. The van der Waals surface area contributed by atoms with Crippen molar-refractivity contribution in [2.75, 3.05) is 39.7 Å². The highest BCUT2D eigenvalue weighted by Gasteiger charge is 2.21. The highest BCUT2D eigenvalue weighted by Crippen LogP contribution is 2.29. The van der Waals surface area contributed by atoms with Crippen LogP contribution in [0.1, 0.15) is 10.4 Å². The van der Waals surface area contributed by atoms with Crippen molar-refractivity contribution in [3.63, 3.8) is 0 Å². The third-order valence-electron chi connectivity index (χ3n) is 5.96. The molecule has 3 heterocycles. The van der Waals surface area contributed by atoms with E-state index < -0.39 is 16.6 Å². The molecule has 1 fully saturated rings. The van der Waals surface area contributed by atoms with Gasteiger partial charge in [-0.15, -0.1) is 0 Å². The number of ether oxygens (including phenoxy) is 2. The first-order chi connectivity index (χ1) is 17.0. The van der Waals surface area contributed by atoms with Gasteiger partial charge in [0.05, 0.1) is 41.5 Å². The van der Waals surface area contributed by atoms with E-state index in [0.717, 1.165) is 5.39 Å². The lowest BCUT2D eigenvalue weighted by molar-refractivity contribution is 0.0303. The second kappa shape index (κ2) is 9.55. The van der Waals surface area contributed by atoms with Crippen LogP contribution < -0.4 is 4.74 Å². The van der Waals surface area contributed by atoms with Crippen LogP contribution in [0.25, 0.3) is 28.0 Å². The van der Waals surface area contributed by atoms with Gasteiger partial charge in [0, 0.05) is 60.0 Å². The van der Waals surface area contributed by atoms with Crippen molar-refractivity contribution >= 4 is 27.6 Å². The summed E-state index contributed by atoms with van der Waals surface area (Å²) in [5.41, 5.74) is 1.99. The van der Waals surface area contributed by atoms with Gasteiger partial charge in [-0.05, 0) is 30.3 Å². The Morgan fingerprint density at radius 2 is 1.86 bits per heavy atom. The van der Waals surface area contributed by atoms with E-state index in [0.29, 0.717) is 65.1 Å². The van der Waals surface area contributed by atoms with Crippen molar-refractivity contribution in [2.45, 2.75) is 4.90 Å². The molecule has 1 aliphatic rings. The molecule has 1 atom stereocenters. The molecule has 0 aliphatic carbocycles. The lowest BCUT2D eigenvalue weighted by Crippen LogP contribution is -2.40. The molecule has 8 nitrogen and oxygen atoms in total. The number of amides is 1. The maximum Gasteiger partial charge on any atom is 0.254 e. The van der Waals surface area contributed by atoms with Crippen LogP contribution in [0.4, 0.5) is 4.39 Å². The zero-order chi connectivity index (χ0) is 24.5. The fourth-order valence-electron chi connectivity index (χ4n) is 4.11. The van der Waals surface area contributed by atoms with Gasteiger partial charge in [0.15, 0.2) is 0 Å². The molecule has 10 heteroatoms. The second-order valence-electron chi connectivity index (χ2n) is 8.07. The third-order valence-corrected chi connectivity index (χ3v) is 6.91. The van der Waals surface area contributed by atoms with Crippen LogP contribution in [0.2, 0.25) is 0 Å². The molecule has 2 aromatic carbocycles. The van der Waals surface area contributed by atoms with Gasteiger partial charge >= 0.3 is 0 Å². The van der Waals surface area contributed by atoms with Gasteiger partial charge in [-0.2, -0.15) is 0 Å². The van der Waals surface area contributed by atoms with E-state index in [1.54, 1.807) is 52.3 Å². The molecule has 0 saturated carbocycles. The monoisotopic (exact) mass is 494 g/mol. The number of methoxy groups -OCH3 is 1. The topological polar surface area (TPSA) is 86.6 Å². The number of nitrogens with zero attached hydrogens (tertiary/aromatic N) is 4. The molecule has 4 aromatic rings. The minimum Gasteiger partial charge on any atom is -0.497 e. The van der Waals surface area contributed by atoms with E-state index in [1.165, 1.54) is 25.6 Å². The summed E-state index contributed by atoms with van der Waals surface area (Å²) in [6, 6.07) is 9.77. The predicted octanol–water partition coefficient (Wildman–Crippen LogP) is 3.45. The standard InChI is InChI=1S/C25H23FN4O4S/c1-33-18-4-6-21(26)20(12-18)17-13-27-25(28-14-17)30-15-23(35(2)32)19-5-3-16(11-22(19)30)24(31)29-7-9-34-10-8-29/h3-6,11-15H,7-10H2,1-2H3. The van der Waals surface area contributed by atoms with Gasteiger partial charge in [0.2, 0.25) is 5.95 Å². The fraction of sp³-hybridized carbons (Fsp3) is 0.240. The van der Waals surface area contributed by atoms with Gasteiger partial charge < -0.3 is 14.4 Å². The molecule has 35 heavy (non-hydrogen) atoms. The summed E-state index contributed by atoms with van der Waals surface area (Å²) >= 11 is 0. The number of hydrogen-bond acceptors (Lipinski definition) is 6. The molecule has 1 aliphatic heterocycles. The molecule has 0 N–H and O–H groups in total. The Bertz CT molecular complexity index is 1430. The average molecular weight is 495 g/mol. The minimum absolute atomic E-state index is 0.0908. The van der Waals surface area contributed by atoms with Crippen LogP contribution in [0.3, 0.4) is 0 Å². The predicted molar refractivity (Wildman–Crippen MR) is 130 cm³/mol. The van der Waals surface area contributed by atoms with E-state index in [2.05, 4.69) is 9.97 Å². The molecule has 0 radical (unpaired) electrons. The molecule has 5 rings (SSSR count). The van der Waals surface area contributed by atoms with Gasteiger partial charge in [-0.1, -0.05) is 6.07 Å². The van der Waals surface area contributed by atoms with Crippen molar-refractivity contribution in [2.24, 2.45) is 0 Å². The van der Waals surface area contributed by atoms with Gasteiger partial charge in [-0.3, -0.25) is 13.6 Å². The zero-order valence-corrected chi connectivity index (χ0v) is 20.0. The van der Waals surface area contributed by atoms with Crippen molar-refractivity contribution in [3.05, 3.63) is 66.4 Å². The van der Waals surface area contributed by atoms with E-state index in [9.17, 15) is 13.4 Å². The van der Waals surface area contributed by atoms with Crippen LogP contribution >= 0.6 is 0 Å². The van der Waals surface area contributed by atoms with Crippen LogP contribution in [0.15, 0.2) is 59.9 Å². The lowest BCUT2D eigenvalue weighted by atomic mass is 10.1. The van der Waals surface area contributed by atoms with Crippen molar-refractivity contribution in [1.29, 1.82) is 0 Å². The Kier molecular flexibility index (Phi) is 6.31. The quantitative estimate of drug-likeness (QED) is 0.423. The van der Waals surface area contributed by atoms with Crippen LogP contribution in [-0.4, -0.2) is 69.2 Å². The molecular formula is C25H23FN4O4S. The molecule has 1 unspecified atom stereocenters. The highest BCUT2D eigenvalue weighted by molar-refractivity contribution is 7.84. The van der Waals surface area contributed by atoms with Crippen LogP contribution in [0.5, 0.6) is 5.75 Å². The summed E-state index contributed by atoms with van der Waals surface area (Å²) in [4.78, 5) is 24.3. The lowest BCUT2D eigenvalue weighted by Gasteiger charge is -2.26. The van der Waals surface area contributed by atoms with Gasteiger partial charge in [0.1, 0.15) is 11.6 Å². The Morgan fingerprint density at radius 1 is 1.11 bits per heavy atom. The molecule has 1 amide bonds. The number of fused-ring (bicyclic) bond motifs is 1. The van der Waals surface area contributed by atoms with Crippen molar-refractivity contribution in [1.82, 2.24) is 19.4 Å². The number of benzene rings is 2. The first kappa shape index (κ1) is 23.1. The summed E-state index contributed by atoms with van der Waals surface area (Å²) in [5.74, 6) is 0.333. The van der Waals surface area contributed by atoms with Gasteiger partial charge in [0.25, 0.3) is 5.91 Å². The maximum absolute atomic E-state index is 14.4. The first-order valence-corrected chi connectivity index (χ1v) is 12.5. The van der Waals surface area contributed by atoms with Crippen molar-refractivity contribution < 1.29 is 22.9 Å². The van der Waals surface area contributed by atoms with Crippen LogP contribution in [-0.2, 0) is 15.5 Å². The Hall–Kier alpha value is -3.63. The van der Waals surface area contributed by atoms with E-state index in [4.69, 9.17) is 9.47 Å². The van der Waals surface area contributed by atoms with Gasteiger partial charge in [-0.25, -0.2) is 14.4 Å². The molecular weight excluding hydrogens is 471 g/mol. The number of rotatable bonds is 5. The smallest absolute Gasteiger partial charge is 0.254 e. The highest BCUT2D eigenvalue weighted by atomic mass is 32.2. The van der Waals surface area contributed by atoms with Crippen molar-refractivity contribution in [3.8, 4) is 22.8 Å². The summed E-state index contributed by atoms with van der Waals surface area (Å²) < 4.78 is 39.1. The average Bonchev–Trinajstić information content (AvgIpc) is 3.28. The molecule has 0 spiro atoms. The van der Waals surface area contributed by atoms with E-state index >= 15 is 0 Å². The number of carbonyl (C=O) groups is 1. The first-order valence-electron chi connectivity index (χ1n) is 11.0. The Balaban J connectivity index is 1.56. The molecule has 1 saturated heterocycles. The molecule has 2 aromatic heterocycles. The summed E-state index contributed by atoms with van der Waals surface area (Å²) in [6.07, 6.45) is 6.36. The summed E-state index contributed by atoms with van der Waals surface area (Å²) in [6.45, 7) is 2.09. The summed E-state index contributed by atoms with van der Waals surface area (Å²) in [7, 11) is 0.244. The summed E-state index contributed by atoms with van der Waals surface area (Å²) in [5, 5.41) is 0.746. The number of halogens is 1. The normalized spacial score (nSPS) is 14.8. The molecule has 0 bridgehead atoms. The fourth-order valence-corrected chi connectivity index (χ4v) is 4.85. The Morgan fingerprint density at radius 3 is 2.54 bits per heavy atom.